The molecule has 0 aromatic heterocycles. The van der Waals surface area contributed by atoms with E-state index in [1.165, 1.54) is 0 Å². The smallest absolute Gasteiger partial charge is 0.236 e. The van der Waals surface area contributed by atoms with E-state index in [-0.39, 0.29) is 5.91 Å². The van der Waals surface area contributed by atoms with Crippen molar-refractivity contribution in [1.29, 1.82) is 0 Å². The molecule has 3 aromatic rings. The maximum absolute atomic E-state index is 13.2. The van der Waals surface area contributed by atoms with E-state index in [1.54, 1.807) is 32.4 Å². The lowest BCUT2D eigenvalue weighted by molar-refractivity contribution is -0.116. The Morgan fingerprint density at radius 1 is 0.808 bits per heavy atom. The molecule has 0 unspecified atom stereocenters. The van der Waals surface area contributed by atoms with Crippen LogP contribution in [0.5, 0.6) is 11.5 Å². The summed E-state index contributed by atoms with van der Waals surface area (Å²) in [7, 11) is 3.16. The van der Waals surface area contributed by atoms with E-state index in [1.807, 2.05) is 60.7 Å². The van der Waals surface area contributed by atoms with E-state index in [9.17, 15) is 4.79 Å². The molecule has 4 heteroatoms. The predicted octanol–water partition coefficient (Wildman–Crippen LogP) is 4.47. The van der Waals surface area contributed by atoms with Crippen molar-refractivity contribution in [2.45, 2.75) is 5.92 Å². The van der Waals surface area contributed by atoms with Gasteiger partial charge in [-0.3, -0.25) is 4.79 Å². The number of anilines is 1. The van der Waals surface area contributed by atoms with E-state index >= 15 is 0 Å². The van der Waals surface area contributed by atoms with Gasteiger partial charge in [0.15, 0.2) is 0 Å². The minimum Gasteiger partial charge on any atom is -0.497 e. The molecular formula is C22H21NO3. The first-order chi connectivity index (χ1) is 12.7. The van der Waals surface area contributed by atoms with Gasteiger partial charge in [-0.1, -0.05) is 60.7 Å². The van der Waals surface area contributed by atoms with Crippen molar-refractivity contribution in [3.8, 4) is 11.5 Å². The number of rotatable bonds is 6. The number of carbonyl (C=O) groups is 1. The van der Waals surface area contributed by atoms with E-state index in [2.05, 4.69) is 5.32 Å². The topological polar surface area (TPSA) is 47.6 Å². The molecular weight excluding hydrogens is 326 g/mol. The largest absolute Gasteiger partial charge is 0.497 e. The normalized spacial score (nSPS) is 10.4. The van der Waals surface area contributed by atoms with Crippen molar-refractivity contribution < 1.29 is 14.3 Å². The molecule has 0 heterocycles. The Labute approximate surface area is 153 Å². The van der Waals surface area contributed by atoms with E-state index < -0.39 is 5.92 Å². The third-order valence-corrected chi connectivity index (χ3v) is 4.19. The summed E-state index contributed by atoms with van der Waals surface area (Å²) < 4.78 is 10.6. The lowest BCUT2D eigenvalue weighted by Crippen LogP contribution is -2.22. The molecule has 0 aliphatic carbocycles. The van der Waals surface area contributed by atoms with E-state index in [0.717, 1.165) is 11.1 Å². The number of hydrogen-bond acceptors (Lipinski definition) is 3. The van der Waals surface area contributed by atoms with Gasteiger partial charge in [0.1, 0.15) is 11.5 Å². The molecule has 0 fully saturated rings. The Bertz CT molecular complexity index is 824. The Hall–Kier alpha value is -3.27. The van der Waals surface area contributed by atoms with Gasteiger partial charge in [0.25, 0.3) is 0 Å². The Balaban J connectivity index is 1.97. The molecule has 0 saturated carbocycles. The number of nitrogens with one attached hydrogen (secondary N) is 1. The second-order valence-corrected chi connectivity index (χ2v) is 5.81. The molecule has 4 nitrogen and oxygen atoms in total. The average Bonchev–Trinajstić information content (AvgIpc) is 2.69. The highest BCUT2D eigenvalue weighted by atomic mass is 16.5. The molecule has 0 aliphatic heterocycles. The number of benzene rings is 3. The third kappa shape index (κ3) is 3.86. The average molecular weight is 347 g/mol. The molecule has 0 spiro atoms. The molecule has 0 atom stereocenters. The zero-order chi connectivity index (χ0) is 18.4. The molecule has 3 rings (SSSR count). The zero-order valence-electron chi connectivity index (χ0n) is 14.8. The fourth-order valence-electron chi connectivity index (χ4n) is 2.90. The lowest BCUT2D eigenvalue weighted by atomic mass is 9.90. The van der Waals surface area contributed by atoms with Gasteiger partial charge in [-0.25, -0.2) is 0 Å². The number of methoxy groups -OCH3 is 2. The maximum Gasteiger partial charge on any atom is 0.236 e. The fraction of sp³-hybridized carbons (Fsp3) is 0.136. The Morgan fingerprint density at radius 2 is 1.38 bits per heavy atom. The van der Waals surface area contributed by atoms with Gasteiger partial charge < -0.3 is 14.8 Å². The lowest BCUT2D eigenvalue weighted by Gasteiger charge is -2.19. The summed E-state index contributed by atoms with van der Waals surface area (Å²) in [5.74, 6) is 0.679. The molecule has 0 saturated heterocycles. The number of hydrogen-bond donors (Lipinski definition) is 1. The monoisotopic (exact) mass is 347 g/mol. The maximum atomic E-state index is 13.2. The van der Waals surface area contributed by atoms with Crippen LogP contribution in [0.2, 0.25) is 0 Å². The first-order valence-electron chi connectivity index (χ1n) is 8.35. The highest BCUT2D eigenvalue weighted by Gasteiger charge is 2.23. The second kappa shape index (κ2) is 8.21. The van der Waals surface area contributed by atoms with Crippen molar-refractivity contribution in [2.24, 2.45) is 0 Å². The summed E-state index contributed by atoms with van der Waals surface area (Å²) in [5.41, 5.74) is 2.44. The first-order valence-corrected chi connectivity index (χ1v) is 8.35. The van der Waals surface area contributed by atoms with Gasteiger partial charge in [0.2, 0.25) is 5.91 Å². The van der Waals surface area contributed by atoms with Crippen LogP contribution in [0.3, 0.4) is 0 Å². The summed E-state index contributed by atoms with van der Waals surface area (Å²) in [6, 6.07) is 24.8. The highest BCUT2D eigenvalue weighted by Crippen LogP contribution is 2.32. The van der Waals surface area contributed by atoms with Gasteiger partial charge in [-0.15, -0.1) is 0 Å². The molecule has 0 aliphatic rings. The number of amides is 1. The second-order valence-electron chi connectivity index (χ2n) is 5.81. The van der Waals surface area contributed by atoms with Crippen molar-refractivity contribution in [1.82, 2.24) is 0 Å². The van der Waals surface area contributed by atoms with Crippen LogP contribution in [0, 0.1) is 0 Å². The molecule has 1 amide bonds. The standard InChI is InChI=1S/C22H21NO3/c1-25-18-13-14-20(26-2)19(15-18)23-22(24)21(16-9-5-3-6-10-16)17-11-7-4-8-12-17/h3-15,21H,1-2H3,(H,23,24). The van der Waals surface area contributed by atoms with Crippen LogP contribution in [0.1, 0.15) is 17.0 Å². The summed E-state index contributed by atoms with van der Waals surface area (Å²) in [5, 5.41) is 2.99. The molecule has 3 aromatic carbocycles. The van der Waals surface area contributed by atoms with Crippen molar-refractivity contribution in [2.75, 3.05) is 19.5 Å². The Kier molecular flexibility index (Phi) is 5.54. The van der Waals surface area contributed by atoms with Crippen LogP contribution in [0.15, 0.2) is 78.9 Å². The van der Waals surface area contributed by atoms with E-state index in [4.69, 9.17) is 9.47 Å². The summed E-state index contributed by atoms with van der Waals surface area (Å²) in [4.78, 5) is 13.2. The summed E-state index contributed by atoms with van der Waals surface area (Å²) in [6.45, 7) is 0. The third-order valence-electron chi connectivity index (χ3n) is 4.19. The Morgan fingerprint density at radius 3 is 1.88 bits per heavy atom. The number of ether oxygens (including phenoxy) is 2. The van der Waals surface area contributed by atoms with Gasteiger partial charge in [-0.05, 0) is 23.3 Å². The quantitative estimate of drug-likeness (QED) is 0.715. The van der Waals surface area contributed by atoms with Crippen LogP contribution >= 0.6 is 0 Å². The molecule has 132 valence electrons. The van der Waals surface area contributed by atoms with Crippen LogP contribution in [-0.2, 0) is 4.79 Å². The SMILES string of the molecule is COc1ccc(OC)c(NC(=O)C(c2ccccc2)c2ccccc2)c1. The van der Waals surface area contributed by atoms with Crippen molar-refractivity contribution >= 4 is 11.6 Å². The van der Waals surface area contributed by atoms with E-state index in [0.29, 0.717) is 17.2 Å². The van der Waals surface area contributed by atoms with Crippen LogP contribution in [0.4, 0.5) is 5.69 Å². The number of carbonyl (C=O) groups excluding carboxylic acids is 1. The fourth-order valence-corrected chi connectivity index (χ4v) is 2.90. The van der Waals surface area contributed by atoms with Crippen LogP contribution in [0.25, 0.3) is 0 Å². The molecule has 26 heavy (non-hydrogen) atoms. The predicted molar refractivity (Wildman–Crippen MR) is 103 cm³/mol. The minimum absolute atomic E-state index is 0.131. The van der Waals surface area contributed by atoms with Gasteiger partial charge in [0.05, 0.1) is 25.8 Å². The molecule has 0 radical (unpaired) electrons. The van der Waals surface area contributed by atoms with Crippen molar-refractivity contribution in [3.63, 3.8) is 0 Å². The summed E-state index contributed by atoms with van der Waals surface area (Å²) in [6.07, 6.45) is 0. The highest BCUT2D eigenvalue weighted by molar-refractivity contribution is 5.99. The summed E-state index contributed by atoms with van der Waals surface area (Å²) >= 11 is 0. The minimum atomic E-state index is -0.423. The van der Waals surface area contributed by atoms with Crippen LogP contribution < -0.4 is 14.8 Å². The van der Waals surface area contributed by atoms with Gasteiger partial charge in [0, 0.05) is 6.07 Å². The molecule has 1 N–H and O–H groups in total. The van der Waals surface area contributed by atoms with Gasteiger partial charge in [-0.2, -0.15) is 0 Å². The van der Waals surface area contributed by atoms with Crippen LogP contribution in [-0.4, -0.2) is 20.1 Å². The van der Waals surface area contributed by atoms with Gasteiger partial charge >= 0.3 is 0 Å². The zero-order valence-corrected chi connectivity index (χ0v) is 14.8. The molecule has 0 bridgehead atoms. The first kappa shape index (κ1) is 17.5. The van der Waals surface area contributed by atoms with Crippen molar-refractivity contribution in [3.05, 3.63) is 90.0 Å².